The first-order valence-electron chi connectivity index (χ1n) is 7.92. The van der Waals surface area contributed by atoms with Crippen molar-refractivity contribution in [3.05, 3.63) is 59.7 Å². The molecule has 1 heterocycles. The lowest BCUT2D eigenvalue weighted by Crippen LogP contribution is -2.58. The lowest BCUT2D eigenvalue weighted by Gasteiger charge is -2.33. The third kappa shape index (κ3) is 3.11. The topological polar surface area (TPSA) is 67.4 Å². The van der Waals surface area contributed by atoms with E-state index in [4.69, 9.17) is 4.74 Å². The number of anilines is 1. The Hall–Kier alpha value is -2.82. The second kappa shape index (κ2) is 6.35. The van der Waals surface area contributed by atoms with Gasteiger partial charge in [0.2, 0.25) is 0 Å². The fraction of sp³-hybridized carbons (Fsp3) is 0.263. The van der Waals surface area contributed by atoms with E-state index in [1.165, 1.54) is 12.5 Å². The van der Waals surface area contributed by atoms with Crippen LogP contribution in [0.25, 0.3) is 0 Å². The Morgan fingerprint density at radius 3 is 2.62 bits per heavy atom. The minimum Gasteiger partial charge on any atom is -0.466 e. The number of nitrogens with one attached hydrogen (secondary N) is 2. The molecule has 0 unspecified atom stereocenters. The summed E-state index contributed by atoms with van der Waals surface area (Å²) in [5.41, 5.74) is 1.33. The zero-order valence-electron chi connectivity index (χ0n) is 13.8. The quantitative estimate of drug-likeness (QED) is 0.849. The molecule has 1 aliphatic heterocycles. The van der Waals surface area contributed by atoms with Gasteiger partial charge in [0, 0.05) is 6.54 Å². The minimum absolute atomic E-state index is 0.440. The summed E-state index contributed by atoms with van der Waals surface area (Å²) in [6.45, 7) is 3.96. The van der Waals surface area contributed by atoms with Crippen LogP contribution in [0.1, 0.15) is 18.1 Å². The minimum atomic E-state index is -1.57. The summed E-state index contributed by atoms with van der Waals surface area (Å²) in [5, 5.41) is 5.51. The average Bonchev–Trinajstić information content (AvgIpc) is 2.57. The van der Waals surface area contributed by atoms with E-state index in [1.54, 1.807) is 24.3 Å². The number of ether oxygens (including phenoxy) is 1. The van der Waals surface area contributed by atoms with Crippen molar-refractivity contribution < 1.29 is 14.3 Å². The molecule has 124 valence electrons. The first kappa shape index (κ1) is 16.1. The number of rotatable bonds is 4. The summed E-state index contributed by atoms with van der Waals surface area (Å²) >= 11 is 0. The van der Waals surface area contributed by atoms with E-state index in [1.807, 2.05) is 31.2 Å². The lowest BCUT2D eigenvalue weighted by atomic mass is 10.0. The molecule has 0 bridgehead atoms. The molecule has 1 aliphatic rings. The van der Waals surface area contributed by atoms with Gasteiger partial charge in [-0.1, -0.05) is 42.0 Å². The van der Waals surface area contributed by atoms with Crippen molar-refractivity contribution in [2.45, 2.75) is 25.9 Å². The van der Waals surface area contributed by atoms with Gasteiger partial charge in [0.1, 0.15) is 5.75 Å². The largest absolute Gasteiger partial charge is 0.466 e. The number of carbonyl (C=O) groups excluding carboxylic acids is 2. The summed E-state index contributed by atoms with van der Waals surface area (Å²) in [4.78, 5) is 24.8. The van der Waals surface area contributed by atoms with Gasteiger partial charge in [-0.15, -0.1) is 0 Å². The fourth-order valence-corrected chi connectivity index (χ4v) is 2.56. The second-order valence-electron chi connectivity index (χ2n) is 6.08. The molecule has 2 aromatic rings. The van der Waals surface area contributed by atoms with E-state index in [9.17, 15) is 9.59 Å². The first-order chi connectivity index (χ1) is 11.5. The van der Waals surface area contributed by atoms with Crippen LogP contribution in [-0.2, 0) is 16.0 Å². The average molecular weight is 324 g/mol. The van der Waals surface area contributed by atoms with Gasteiger partial charge in [-0.05, 0) is 38.0 Å². The fourth-order valence-electron chi connectivity index (χ4n) is 2.56. The van der Waals surface area contributed by atoms with Crippen LogP contribution in [-0.4, -0.2) is 24.0 Å². The van der Waals surface area contributed by atoms with Crippen LogP contribution in [0.2, 0.25) is 0 Å². The Morgan fingerprint density at radius 1 is 1.17 bits per heavy atom. The predicted molar refractivity (Wildman–Crippen MR) is 92.0 cm³/mol. The molecule has 0 radical (unpaired) electrons. The predicted octanol–water partition coefficient (Wildman–Crippen LogP) is 2.44. The standard InChI is InChI=1S/C19H20N2O3/c1-13-7-9-14(10-8-13)11-12-20-17(22)19(2)18(23)21-15-5-3-4-6-16(15)24-19/h3-10H,11-12H2,1-2H3,(H,20,22)(H,21,23)/t19-/m1/s1. The first-order valence-corrected chi connectivity index (χ1v) is 7.92. The van der Waals surface area contributed by atoms with Crippen LogP contribution in [0.15, 0.2) is 48.5 Å². The van der Waals surface area contributed by atoms with Crippen molar-refractivity contribution >= 4 is 17.5 Å². The highest BCUT2D eigenvalue weighted by molar-refractivity contribution is 6.15. The third-order valence-electron chi connectivity index (χ3n) is 4.14. The van der Waals surface area contributed by atoms with E-state index in [0.29, 0.717) is 24.4 Å². The zero-order chi connectivity index (χ0) is 17.2. The third-order valence-corrected chi connectivity index (χ3v) is 4.14. The molecule has 3 rings (SSSR count). The highest BCUT2D eigenvalue weighted by Gasteiger charge is 2.46. The normalized spacial score (nSPS) is 19.0. The highest BCUT2D eigenvalue weighted by Crippen LogP contribution is 2.33. The van der Waals surface area contributed by atoms with Crippen molar-refractivity contribution in [3.63, 3.8) is 0 Å². The molecule has 24 heavy (non-hydrogen) atoms. The van der Waals surface area contributed by atoms with E-state index in [2.05, 4.69) is 10.6 Å². The van der Waals surface area contributed by atoms with Crippen molar-refractivity contribution in [3.8, 4) is 5.75 Å². The van der Waals surface area contributed by atoms with E-state index < -0.39 is 17.4 Å². The molecule has 2 amide bonds. The number of para-hydroxylation sites is 2. The molecule has 1 atom stereocenters. The Balaban J connectivity index is 1.63. The zero-order valence-corrected chi connectivity index (χ0v) is 13.8. The molecule has 0 saturated heterocycles. The summed E-state index contributed by atoms with van der Waals surface area (Å²) in [7, 11) is 0. The van der Waals surface area contributed by atoms with E-state index in [-0.39, 0.29) is 0 Å². The molecular weight excluding hydrogens is 304 g/mol. The van der Waals surface area contributed by atoms with E-state index >= 15 is 0 Å². The van der Waals surface area contributed by atoms with Gasteiger partial charge in [0.25, 0.3) is 17.4 Å². The molecule has 0 aliphatic carbocycles. The van der Waals surface area contributed by atoms with Gasteiger partial charge in [-0.3, -0.25) is 9.59 Å². The summed E-state index contributed by atoms with van der Waals surface area (Å²) < 4.78 is 5.69. The van der Waals surface area contributed by atoms with Gasteiger partial charge in [0.15, 0.2) is 0 Å². The Morgan fingerprint density at radius 2 is 1.88 bits per heavy atom. The smallest absolute Gasteiger partial charge is 0.278 e. The van der Waals surface area contributed by atoms with Crippen LogP contribution in [0.5, 0.6) is 5.75 Å². The number of benzene rings is 2. The van der Waals surface area contributed by atoms with Gasteiger partial charge in [-0.2, -0.15) is 0 Å². The monoisotopic (exact) mass is 324 g/mol. The van der Waals surface area contributed by atoms with Crippen LogP contribution in [0.3, 0.4) is 0 Å². The number of aryl methyl sites for hydroxylation is 1. The second-order valence-corrected chi connectivity index (χ2v) is 6.08. The molecule has 2 N–H and O–H groups in total. The summed E-state index contributed by atoms with van der Waals surface area (Å²) in [6.07, 6.45) is 0.695. The summed E-state index contributed by atoms with van der Waals surface area (Å²) in [6, 6.07) is 15.2. The molecule has 0 fully saturated rings. The van der Waals surface area contributed by atoms with Gasteiger partial charge in [-0.25, -0.2) is 0 Å². The molecule has 2 aromatic carbocycles. The highest BCUT2D eigenvalue weighted by atomic mass is 16.5. The van der Waals surface area contributed by atoms with Gasteiger partial charge in [0.05, 0.1) is 5.69 Å². The Kier molecular flexibility index (Phi) is 4.25. The van der Waals surface area contributed by atoms with E-state index in [0.717, 1.165) is 5.56 Å². The number of fused-ring (bicyclic) bond motifs is 1. The van der Waals surface area contributed by atoms with Crippen LogP contribution >= 0.6 is 0 Å². The van der Waals surface area contributed by atoms with Crippen molar-refractivity contribution in [1.82, 2.24) is 5.32 Å². The molecule has 0 aromatic heterocycles. The maximum absolute atomic E-state index is 12.5. The molecule has 0 saturated carbocycles. The number of amides is 2. The van der Waals surface area contributed by atoms with Crippen LogP contribution in [0.4, 0.5) is 5.69 Å². The van der Waals surface area contributed by atoms with Crippen LogP contribution < -0.4 is 15.4 Å². The number of hydrogen-bond acceptors (Lipinski definition) is 3. The number of carbonyl (C=O) groups is 2. The molecular formula is C19H20N2O3. The van der Waals surface area contributed by atoms with Crippen LogP contribution in [0, 0.1) is 6.92 Å². The maximum Gasteiger partial charge on any atom is 0.278 e. The van der Waals surface area contributed by atoms with Gasteiger partial charge < -0.3 is 15.4 Å². The van der Waals surface area contributed by atoms with Crippen molar-refractivity contribution in [2.75, 3.05) is 11.9 Å². The van der Waals surface area contributed by atoms with Crippen molar-refractivity contribution in [1.29, 1.82) is 0 Å². The van der Waals surface area contributed by atoms with Crippen molar-refractivity contribution in [2.24, 2.45) is 0 Å². The number of hydrogen-bond donors (Lipinski definition) is 2. The molecule has 5 nitrogen and oxygen atoms in total. The lowest BCUT2D eigenvalue weighted by molar-refractivity contribution is -0.146. The molecule has 5 heteroatoms. The Bertz CT molecular complexity index is 770. The Labute approximate surface area is 141 Å². The maximum atomic E-state index is 12.5. The summed E-state index contributed by atoms with van der Waals surface area (Å²) in [5.74, 6) is -0.413. The molecule has 0 spiro atoms. The SMILES string of the molecule is Cc1ccc(CCNC(=O)[C@@]2(C)Oc3ccccc3NC2=O)cc1. The van der Waals surface area contributed by atoms with Gasteiger partial charge >= 0.3 is 0 Å².